The maximum atomic E-state index is 12.8. The fraction of sp³-hybridized carbons (Fsp3) is 0.625. The van der Waals surface area contributed by atoms with Crippen molar-refractivity contribution in [2.75, 3.05) is 19.6 Å². The zero-order valence-corrected chi connectivity index (χ0v) is 13.5. The topological polar surface area (TPSA) is 49.4 Å². The standard InChI is InChI=1S/C16H24N2O2S/c1-2-17-15-7-4-10-18(12-15)21(19,20)16-9-8-13-5-3-6-14(13)11-16/h8-9,11,15,17H,2-7,10,12H2,1H3. The van der Waals surface area contributed by atoms with E-state index in [1.54, 1.807) is 10.4 Å². The largest absolute Gasteiger partial charge is 0.313 e. The van der Waals surface area contributed by atoms with Crippen LogP contribution in [0.15, 0.2) is 23.1 Å². The molecule has 1 aliphatic carbocycles. The molecule has 1 aromatic rings. The minimum Gasteiger partial charge on any atom is -0.313 e. The molecule has 21 heavy (non-hydrogen) atoms. The van der Waals surface area contributed by atoms with Crippen LogP contribution in [0.4, 0.5) is 0 Å². The predicted octanol–water partition coefficient (Wildman–Crippen LogP) is 1.94. The number of hydrogen-bond donors (Lipinski definition) is 1. The van der Waals surface area contributed by atoms with E-state index in [1.807, 2.05) is 12.1 Å². The zero-order chi connectivity index (χ0) is 14.9. The second kappa shape index (κ2) is 6.07. The number of nitrogens with one attached hydrogen (secondary N) is 1. The molecule has 0 amide bonds. The Hall–Kier alpha value is -0.910. The lowest BCUT2D eigenvalue weighted by molar-refractivity contribution is 0.286. The number of nitrogens with zero attached hydrogens (tertiary/aromatic N) is 1. The molecule has 1 unspecified atom stereocenters. The van der Waals surface area contributed by atoms with Crippen LogP contribution in [0.5, 0.6) is 0 Å². The lowest BCUT2D eigenvalue weighted by Crippen LogP contribution is -2.47. The Morgan fingerprint density at radius 2 is 2.05 bits per heavy atom. The first-order chi connectivity index (χ1) is 10.1. The van der Waals surface area contributed by atoms with E-state index < -0.39 is 10.0 Å². The highest BCUT2D eigenvalue weighted by Gasteiger charge is 2.30. The molecule has 2 aliphatic rings. The van der Waals surface area contributed by atoms with E-state index >= 15 is 0 Å². The van der Waals surface area contributed by atoms with Gasteiger partial charge >= 0.3 is 0 Å². The molecule has 5 heteroatoms. The molecular weight excluding hydrogens is 284 g/mol. The number of aryl methyl sites for hydroxylation is 2. The van der Waals surface area contributed by atoms with Gasteiger partial charge in [0.2, 0.25) is 10.0 Å². The molecule has 0 bridgehead atoms. The van der Waals surface area contributed by atoms with Crippen molar-refractivity contribution in [2.45, 2.75) is 50.0 Å². The molecule has 0 radical (unpaired) electrons. The Labute approximate surface area is 127 Å². The molecule has 1 atom stereocenters. The van der Waals surface area contributed by atoms with E-state index in [0.717, 1.165) is 38.6 Å². The highest BCUT2D eigenvalue weighted by Crippen LogP contribution is 2.27. The maximum Gasteiger partial charge on any atom is 0.243 e. The summed E-state index contributed by atoms with van der Waals surface area (Å²) in [5.74, 6) is 0. The van der Waals surface area contributed by atoms with Gasteiger partial charge in [0.1, 0.15) is 0 Å². The monoisotopic (exact) mass is 308 g/mol. The van der Waals surface area contributed by atoms with Gasteiger partial charge in [-0.3, -0.25) is 0 Å². The van der Waals surface area contributed by atoms with Gasteiger partial charge in [-0.1, -0.05) is 13.0 Å². The Morgan fingerprint density at radius 1 is 1.24 bits per heavy atom. The summed E-state index contributed by atoms with van der Waals surface area (Å²) in [6.45, 7) is 4.18. The first kappa shape index (κ1) is 15.0. The third-order valence-corrected chi connectivity index (χ3v) is 6.45. The number of likely N-dealkylation sites (N-methyl/N-ethyl adjacent to an activating group) is 1. The number of hydrogen-bond acceptors (Lipinski definition) is 3. The summed E-state index contributed by atoms with van der Waals surface area (Å²) in [6, 6.07) is 5.97. The van der Waals surface area contributed by atoms with Gasteiger partial charge in [0.05, 0.1) is 4.90 Å². The maximum absolute atomic E-state index is 12.8. The van der Waals surface area contributed by atoms with Crippen molar-refractivity contribution >= 4 is 10.0 Å². The highest BCUT2D eigenvalue weighted by atomic mass is 32.2. The number of benzene rings is 1. The molecule has 1 N–H and O–H groups in total. The Kier molecular flexibility index (Phi) is 4.33. The van der Waals surface area contributed by atoms with E-state index in [1.165, 1.54) is 11.1 Å². The zero-order valence-electron chi connectivity index (χ0n) is 12.6. The average molecular weight is 308 g/mol. The van der Waals surface area contributed by atoms with Crippen LogP contribution in [-0.4, -0.2) is 38.4 Å². The number of fused-ring (bicyclic) bond motifs is 1. The Balaban J connectivity index is 1.83. The first-order valence-electron chi connectivity index (χ1n) is 7.96. The molecular formula is C16H24N2O2S. The summed E-state index contributed by atoms with van der Waals surface area (Å²) in [6.07, 6.45) is 5.23. The summed E-state index contributed by atoms with van der Waals surface area (Å²) in [5.41, 5.74) is 2.54. The lowest BCUT2D eigenvalue weighted by Gasteiger charge is -2.32. The molecule has 1 fully saturated rings. The van der Waals surface area contributed by atoms with Crippen molar-refractivity contribution in [2.24, 2.45) is 0 Å². The average Bonchev–Trinajstić information content (AvgIpc) is 2.95. The van der Waals surface area contributed by atoms with Gasteiger partial charge in [0, 0.05) is 19.1 Å². The van der Waals surface area contributed by atoms with Gasteiger partial charge < -0.3 is 5.32 Å². The summed E-state index contributed by atoms with van der Waals surface area (Å²) in [7, 11) is -3.34. The van der Waals surface area contributed by atoms with Crippen molar-refractivity contribution < 1.29 is 8.42 Å². The van der Waals surface area contributed by atoms with Crippen molar-refractivity contribution in [3.63, 3.8) is 0 Å². The van der Waals surface area contributed by atoms with Crippen LogP contribution in [0, 0.1) is 0 Å². The summed E-state index contributed by atoms with van der Waals surface area (Å²) >= 11 is 0. The minimum absolute atomic E-state index is 0.285. The number of piperidine rings is 1. The van der Waals surface area contributed by atoms with Crippen LogP contribution < -0.4 is 5.32 Å². The van der Waals surface area contributed by atoms with Crippen molar-refractivity contribution in [3.8, 4) is 0 Å². The van der Waals surface area contributed by atoms with E-state index in [-0.39, 0.29) is 6.04 Å². The van der Waals surface area contributed by atoms with Gasteiger partial charge in [-0.05, 0) is 61.9 Å². The third-order valence-electron chi connectivity index (χ3n) is 4.58. The molecule has 0 saturated carbocycles. The molecule has 1 aliphatic heterocycles. The van der Waals surface area contributed by atoms with Crippen molar-refractivity contribution in [1.82, 2.24) is 9.62 Å². The summed E-state index contributed by atoms with van der Waals surface area (Å²) < 4.78 is 27.3. The number of rotatable bonds is 4. The first-order valence-corrected chi connectivity index (χ1v) is 9.40. The second-order valence-corrected chi connectivity index (χ2v) is 7.98. The third kappa shape index (κ3) is 3.00. The van der Waals surface area contributed by atoms with Crippen LogP contribution in [0.25, 0.3) is 0 Å². The van der Waals surface area contributed by atoms with Crippen LogP contribution in [0.1, 0.15) is 37.3 Å². The molecule has 1 aromatic carbocycles. The van der Waals surface area contributed by atoms with E-state index in [9.17, 15) is 8.42 Å². The van der Waals surface area contributed by atoms with E-state index in [0.29, 0.717) is 18.0 Å². The predicted molar refractivity (Wildman–Crippen MR) is 83.9 cm³/mol. The van der Waals surface area contributed by atoms with Crippen LogP contribution in [0.3, 0.4) is 0 Å². The van der Waals surface area contributed by atoms with Gasteiger partial charge in [0.25, 0.3) is 0 Å². The molecule has 4 nitrogen and oxygen atoms in total. The van der Waals surface area contributed by atoms with E-state index in [4.69, 9.17) is 0 Å². The van der Waals surface area contributed by atoms with Gasteiger partial charge in [0.15, 0.2) is 0 Å². The quantitative estimate of drug-likeness (QED) is 0.925. The SMILES string of the molecule is CCNC1CCCN(S(=O)(=O)c2ccc3c(c2)CCC3)C1. The Morgan fingerprint density at radius 3 is 2.86 bits per heavy atom. The minimum atomic E-state index is -3.34. The fourth-order valence-corrected chi connectivity index (χ4v) is 5.05. The summed E-state index contributed by atoms with van der Waals surface area (Å²) in [5, 5.41) is 3.37. The molecule has 0 aromatic heterocycles. The fourth-order valence-electron chi connectivity index (χ4n) is 3.47. The van der Waals surface area contributed by atoms with Gasteiger partial charge in [-0.15, -0.1) is 0 Å². The Bertz CT molecular complexity index is 611. The van der Waals surface area contributed by atoms with Crippen molar-refractivity contribution in [1.29, 1.82) is 0 Å². The summed E-state index contributed by atoms with van der Waals surface area (Å²) in [4.78, 5) is 0.472. The second-order valence-electron chi connectivity index (χ2n) is 6.04. The smallest absolute Gasteiger partial charge is 0.243 e. The molecule has 116 valence electrons. The molecule has 1 heterocycles. The normalized spacial score (nSPS) is 23.2. The van der Waals surface area contributed by atoms with Crippen LogP contribution >= 0.6 is 0 Å². The van der Waals surface area contributed by atoms with Gasteiger partial charge in [-0.2, -0.15) is 4.31 Å². The van der Waals surface area contributed by atoms with Crippen LogP contribution in [0.2, 0.25) is 0 Å². The highest BCUT2D eigenvalue weighted by molar-refractivity contribution is 7.89. The van der Waals surface area contributed by atoms with E-state index in [2.05, 4.69) is 12.2 Å². The molecule has 1 saturated heterocycles. The molecule has 3 rings (SSSR count). The van der Waals surface area contributed by atoms with Gasteiger partial charge in [-0.25, -0.2) is 8.42 Å². The molecule has 0 spiro atoms. The lowest BCUT2D eigenvalue weighted by atomic mass is 10.1. The number of sulfonamides is 1. The van der Waals surface area contributed by atoms with Crippen LogP contribution in [-0.2, 0) is 22.9 Å². The van der Waals surface area contributed by atoms with Crippen molar-refractivity contribution in [3.05, 3.63) is 29.3 Å².